The molecule has 132 valence electrons. The molecule has 0 aliphatic carbocycles. The van der Waals surface area contributed by atoms with Gasteiger partial charge in [-0.05, 0) is 25.1 Å². The van der Waals surface area contributed by atoms with E-state index in [2.05, 4.69) is 22.0 Å². The molecule has 3 aromatic rings. The minimum Gasteiger partial charge on any atom is -0.497 e. The lowest BCUT2D eigenvalue weighted by Gasteiger charge is -2.23. The van der Waals surface area contributed by atoms with Gasteiger partial charge < -0.3 is 18.8 Å². The van der Waals surface area contributed by atoms with Crippen molar-refractivity contribution in [3.8, 4) is 22.9 Å². The number of hydrogen-bond donors (Lipinski definition) is 0. The van der Waals surface area contributed by atoms with Gasteiger partial charge in [-0.3, -0.25) is 4.57 Å². The second-order valence-corrected chi connectivity index (χ2v) is 5.59. The Morgan fingerprint density at radius 2 is 2.00 bits per heavy atom. The Bertz CT molecular complexity index is 827. The first-order valence-corrected chi connectivity index (χ1v) is 8.05. The number of hydrogen-bond acceptors (Lipinski definition) is 6. The zero-order valence-electron chi connectivity index (χ0n) is 14.9. The Hall–Kier alpha value is -2.96. The van der Waals surface area contributed by atoms with E-state index < -0.39 is 0 Å². The van der Waals surface area contributed by atoms with E-state index in [4.69, 9.17) is 13.9 Å². The van der Waals surface area contributed by atoms with Crippen molar-refractivity contribution >= 4 is 5.95 Å². The van der Waals surface area contributed by atoms with E-state index in [1.807, 2.05) is 35.9 Å². The standard InChI is InChI=1S/C18H22N4O3/c1-5-22(11-13-6-7-15(23-3)10-16(13)24-4)18-20-19-17(21(18)2)14-8-9-25-12-14/h6-10,12H,5,11H2,1-4H3. The highest BCUT2D eigenvalue weighted by Gasteiger charge is 2.18. The van der Waals surface area contributed by atoms with Crippen LogP contribution in [0.2, 0.25) is 0 Å². The molecule has 25 heavy (non-hydrogen) atoms. The Labute approximate surface area is 146 Å². The third-order valence-corrected chi connectivity index (χ3v) is 4.15. The molecule has 0 aliphatic rings. The smallest absolute Gasteiger partial charge is 0.227 e. The molecular formula is C18H22N4O3. The number of benzene rings is 1. The van der Waals surface area contributed by atoms with Crippen molar-refractivity contribution in [2.24, 2.45) is 7.05 Å². The average molecular weight is 342 g/mol. The van der Waals surface area contributed by atoms with Gasteiger partial charge in [0.15, 0.2) is 5.82 Å². The van der Waals surface area contributed by atoms with Crippen LogP contribution < -0.4 is 14.4 Å². The SMILES string of the molecule is CCN(Cc1ccc(OC)cc1OC)c1nnc(-c2ccoc2)n1C. The first-order chi connectivity index (χ1) is 12.2. The van der Waals surface area contributed by atoms with Gasteiger partial charge in [0.1, 0.15) is 17.8 Å². The van der Waals surface area contributed by atoms with Gasteiger partial charge in [0, 0.05) is 31.8 Å². The van der Waals surface area contributed by atoms with E-state index in [0.29, 0.717) is 6.54 Å². The van der Waals surface area contributed by atoms with Crippen LogP contribution in [-0.2, 0) is 13.6 Å². The fourth-order valence-corrected chi connectivity index (χ4v) is 2.75. The maximum atomic E-state index is 5.50. The molecule has 0 radical (unpaired) electrons. The molecule has 0 saturated heterocycles. The van der Waals surface area contributed by atoms with Crippen molar-refractivity contribution in [3.63, 3.8) is 0 Å². The predicted octanol–water partition coefficient (Wildman–Crippen LogP) is 3.12. The molecular weight excluding hydrogens is 320 g/mol. The van der Waals surface area contributed by atoms with Gasteiger partial charge in [0.2, 0.25) is 5.95 Å². The van der Waals surface area contributed by atoms with Crippen molar-refractivity contribution in [1.29, 1.82) is 0 Å². The molecule has 2 heterocycles. The molecule has 2 aromatic heterocycles. The fourth-order valence-electron chi connectivity index (χ4n) is 2.75. The van der Waals surface area contributed by atoms with Crippen LogP contribution >= 0.6 is 0 Å². The molecule has 0 atom stereocenters. The second-order valence-electron chi connectivity index (χ2n) is 5.59. The molecule has 3 rings (SSSR count). The van der Waals surface area contributed by atoms with E-state index in [0.717, 1.165) is 40.9 Å². The lowest BCUT2D eigenvalue weighted by atomic mass is 10.1. The first-order valence-electron chi connectivity index (χ1n) is 8.05. The highest BCUT2D eigenvalue weighted by atomic mass is 16.5. The van der Waals surface area contributed by atoms with Crippen LogP contribution in [0.4, 0.5) is 5.95 Å². The number of ether oxygens (including phenoxy) is 2. The van der Waals surface area contributed by atoms with E-state index in [-0.39, 0.29) is 0 Å². The summed E-state index contributed by atoms with van der Waals surface area (Å²) in [5.41, 5.74) is 1.96. The van der Waals surface area contributed by atoms with Gasteiger partial charge in [0.05, 0.1) is 26.0 Å². The Morgan fingerprint density at radius 3 is 2.64 bits per heavy atom. The summed E-state index contributed by atoms with van der Waals surface area (Å²) in [6.07, 6.45) is 3.29. The molecule has 0 bridgehead atoms. The third kappa shape index (κ3) is 3.31. The number of nitrogens with zero attached hydrogens (tertiary/aromatic N) is 4. The highest BCUT2D eigenvalue weighted by Crippen LogP contribution is 2.28. The molecule has 0 amide bonds. The molecule has 7 nitrogen and oxygen atoms in total. The molecule has 0 unspecified atom stereocenters. The van der Waals surface area contributed by atoms with Gasteiger partial charge in [-0.15, -0.1) is 10.2 Å². The van der Waals surface area contributed by atoms with Gasteiger partial charge in [-0.2, -0.15) is 0 Å². The van der Waals surface area contributed by atoms with E-state index in [1.165, 1.54) is 0 Å². The van der Waals surface area contributed by atoms with Gasteiger partial charge in [-0.1, -0.05) is 0 Å². The highest BCUT2D eigenvalue weighted by molar-refractivity contribution is 5.56. The maximum Gasteiger partial charge on any atom is 0.227 e. The zero-order chi connectivity index (χ0) is 17.8. The molecule has 0 saturated carbocycles. The van der Waals surface area contributed by atoms with E-state index in [1.54, 1.807) is 26.7 Å². The number of furan rings is 1. The van der Waals surface area contributed by atoms with Gasteiger partial charge in [-0.25, -0.2) is 0 Å². The monoisotopic (exact) mass is 342 g/mol. The molecule has 0 N–H and O–H groups in total. The van der Waals surface area contributed by atoms with Crippen molar-refractivity contribution in [2.45, 2.75) is 13.5 Å². The Balaban J connectivity index is 1.89. The maximum absolute atomic E-state index is 5.50. The van der Waals surface area contributed by atoms with Crippen molar-refractivity contribution in [3.05, 3.63) is 42.4 Å². The molecule has 7 heteroatoms. The number of methoxy groups -OCH3 is 2. The van der Waals surface area contributed by atoms with Gasteiger partial charge in [0.25, 0.3) is 0 Å². The lowest BCUT2D eigenvalue weighted by Crippen LogP contribution is -2.25. The fraction of sp³-hybridized carbons (Fsp3) is 0.333. The molecule has 1 aromatic carbocycles. The number of anilines is 1. The van der Waals surface area contributed by atoms with Crippen LogP contribution in [0, 0.1) is 0 Å². The van der Waals surface area contributed by atoms with Crippen molar-refractivity contribution < 1.29 is 13.9 Å². The summed E-state index contributed by atoms with van der Waals surface area (Å²) >= 11 is 0. The van der Waals surface area contributed by atoms with Crippen molar-refractivity contribution in [1.82, 2.24) is 14.8 Å². The van der Waals surface area contributed by atoms with Crippen LogP contribution in [0.3, 0.4) is 0 Å². The minimum absolute atomic E-state index is 0.654. The largest absolute Gasteiger partial charge is 0.497 e. The number of rotatable bonds is 7. The summed E-state index contributed by atoms with van der Waals surface area (Å²) in [5, 5.41) is 8.66. The van der Waals surface area contributed by atoms with Crippen LogP contribution in [0.25, 0.3) is 11.4 Å². The van der Waals surface area contributed by atoms with E-state index in [9.17, 15) is 0 Å². The Kier molecular flexibility index (Phi) is 4.92. The normalized spacial score (nSPS) is 10.7. The van der Waals surface area contributed by atoms with Crippen LogP contribution in [0.15, 0.2) is 41.2 Å². The Morgan fingerprint density at radius 1 is 1.16 bits per heavy atom. The van der Waals surface area contributed by atoms with Crippen LogP contribution in [0.1, 0.15) is 12.5 Å². The summed E-state index contributed by atoms with van der Waals surface area (Å²) in [7, 11) is 5.25. The summed E-state index contributed by atoms with van der Waals surface area (Å²) in [4.78, 5) is 2.14. The summed E-state index contributed by atoms with van der Waals surface area (Å²) in [5.74, 6) is 3.11. The summed E-state index contributed by atoms with van der Waals surface area (Å²) < 4.78 is 17.9. The quantitative estimate of drug-likeness (QED) is 0.657. The average Bonchev–Trinajstić information content (AvgIpc) is 3.29. The van der Waals surface area contributed by atoms with Crippen molar-refractivity contribution in [2.75, 3.05) is 25.7 Å². The zero-order valence-corrected chi connectivity index (χ0v) is 14.9. The topological polar surface area (TPSA) is 65.6 Å². The van der Waals surface area contributed by atoms with Gasteiger partial charge >= 0.3 is 0 Å². The summed E-state index contributed by atoms with van der Waals surface area (Å²) in [6, 6.07) is 7.69. The lowest BCUT2D eigenvalue weighted by molar-refractivity contribution is 0.390. The molecule has 0 spiro atoms. The van der Waals surface area contributed by atoms with Crippen LogP contribution in [0.5, 0.6) is 11.5 Å². The molecule has 0 fully saturated rings. The summed E-state index contributed by atoms with van der Waals surface area (Å²) in [6.45, 7) is 3.52. The minimum atomic E-state index is 0.654. The first kappa shape index (κ1) is 16.9. The van der Waals surface area contributed by atoms with Crippen LogP contribution in [-0.4, -0.2) is 35.5 Å². The number of aromatic nitrogens is 3. The second kappa shape index (κ2) is 7.29. The predicted molar refractivity (Wildman–Crippen MR) is 95.0 cm³/mol. The molecule has 0 aliphatic heterocycles. The third-order valence-electron chi connectivity index (χ3n) is 4.15. The van der Waals surface area contributed by atoms with E-state index >= 15 is 0 Å².